The van der Waals surface area contributed by atoms with Gasteiger partial charge in [0.15, 0.2) is 0 Å². The number of rotatable bonds is 0. The third-order valence-electron chi connectivity index (χ3n) is 9.33. The highest BCUT2D eigenvalue weighted by molar-refractivity contribution is 5.02. The standard InChI is InChI=1S/C32H54N2/c1-2-5-10-14-18-23-34-26-29-19-15-11-7-4-6-9-13-17-22-33-24-21-32(31(25-29)28-34)30(27-33)20-16-12-8-3-1/h2,5,9-10,13-14,29-32H,1,3-4,6-8,11-12,15-28H2. The fourth-order valence-electron chi connectivity index (χ4n) is 7.48. The van der Waals surface area contributed by atoms with Crippen LogP contribution in [0.5, 0.6) is 0 Å². The van der Waals surface area contributed by atoms with Gasteiger partial charge in [0.05, 0.1) is 0 Å². The van der Waals surface area contributed by atoms with Crippen molar-refractivity contribution in [3.63, 3.8) is 0 Å². The van der Waals surface area contributed by atoms with Crippen molar-refractivity contribution in [3.05, 3.63) is 36.5 Å². The first-order valence-corrected chi connectivity index (χ1v) is 15.3. The highest BCUT2D eigenvalue weighted by Gasteiger charge is 2.38. The van der Waals surface area contributed by atoms with Gasteiger partial charge in [-0.2, -0.15) is 0 Å². The lowest BCUT2D eigenvalue weighted by Gasteiger charge is -2.47. The summed E-state index contributed by atoms with van der Waals surface area (Å²) in [4.78, 5) is 5.71. The Hall–Kier alpha value is -0.860. The van der Waals surface area contributed by atoms with Crippen molar-refractivity contribution < 1.29 is 0 Å². The first-order valence-electron chi connectivity index (χ1n) is 15.3. The maximum atomic E-state index is 2.88. The van der Waals surface area contributed by atoms with Crippen molar-refractivity contribution in [3.8, 4) is 0 Å². The van der Waals surface area contributed by atoms with Gasteiger partial charge in [-0.05, 0) is 94.4 Å². The molecule has 0 aromatic heterocycles. The monoisotopic (exact) mass is 466 g/mol. The molecule has 2 nitrogen and oxygen atoms in total. The first-order chi connectivity index (χ1) is 16.9. The predicted molar refractivity (Wildman–Crippen MR) is 148 cm³/mol. The first kappa shape index (κ1) is 26.2. The quantitative estimate of drug-likeness (QED) is 0.333. The molecule has 2 heteroatoms. The summed E-state index contributed by atoms with van der Waals surface area (Å²) < 4.78 is 0. The maximum absolute atomic E-state index is 2.88. The van der Waals surface area contributed by atoms with E-state index in [0.717, 1.165) is 23.7 Å². The van der Waals surface area contributed by atoms with Gasteiger partial charge in [0, 0.05) is 32.7 Å². The molecule has 0 amide bonds. The van der Waals surface area contributed by atoms with Crippen LogP contribution in [0.25, 0.3) is 0 Å². The molecular weight excluding hydrogens is 412 g/mol. The van der Waals surface area contributed by atoms with Crippen molar-refractivity contribution in [1.82, 2.24) is 9.80 Å². The minimum absolute atomic E-state index is 0.939. The van der Waals surface area contributed by atoms with Crippen LogP contribution in [0.3, 0.4) is 0 Å². The molecule has 6 unspecified atom stereocenters. The summed E-state index contributed by atoms with van der Waals surface area (Å²) in [5.74, 6) is 3.80. The van der Waals surface area contributed by atoms with Crippen LogP contribution >= 0.6 is 0 Å². The van der Waals surface area contributed by atoms with E-state index in [2.05, 4.69) is 46.3 Å². The van der Waals surface area contributed by atoms with Gasteiger partial charge >= 0.3 is 0 Å². The van der Waals surface area contributed by atoms with Crippen LogP contribution in [-0.2, 0) is 0 Å². The minimum atomic E-state index is 0.939. The number of piperidine rings is 2. The molecule has 5 heterocycles. The Morgan fingerprint density at radius 3 is 2.00 bits per heavy atom. The van der Waals surface area contributed by atoms with Crippen molar-refractivity contribution >= 4 is 0 Å². The highest BCUT2D eigenvalue weighted by Crippen LogP contribution is 2.40. The highest BCUT2D eigenvalue weighted by atomic mass is 15.1. The van der Waals surface area contributed by atoms with Gasteiger partial charge in [-0.1, -0.05) is 75.0 Å². The molecule has 6 bridgehead atoms. The topological polar surface area (TPSA) is 6.48 Å². The molecule has 0 aliphatic carbocycles. The van der Waals surface area contributed by atoms with E-state index < -0.39 is 0 Å². The van der Waals surface area contributed by atoms with E-state index in [1.54, 1.807) is 0 Å². The molecule has 192 valence electrons. The normalized spacial score (nSPS) is 37.4. The van der Waals surface area contributed by atoms with Crippen LogP contribution in [0, 0.1) is 23.7 Å². The van der Waals surface area contributed by atoms with Gasteiger partial charge in [-0.15, -0.1) is 0 Å². The summed E-state index contributed by atoms with van der Waals surface area (Å²) >= 11 is 0. The van der Waals surface area contributed by atoms with Gasteiger partial charge in [0.2, 0.25) is 0 Å². The molecule has 2 fully saturated rings. The summed E-state index contributed by atoms with van der Waals surface area (Å²) in [7, 11) is 0. The number of nitrogens with zero attached hydrogens (tertiary/aromatic N) is 2. The lowest BCUT2D eigenvalue weighted by molar-refractivity contribution is 0.0202. The lowest BCUT2D eigenvalue weighted by atomic mass is 9.69. The zero-order chi connectivity index (χ0) is 23.3. The molecule has 34 heavy (non-hydrogen) atoms. The number of hydrogen-bond acceptors (Lipinski definition) is 2. The number of fused-ring (bicyclic) bond motifs is 10. The van der Waals surface area contributed by atoms with Crippen molar-refractivity contribution in [2.75, 3.05) is 39.3 Å². The predicted octanol–water partition coefficient (Wildman–Crippen LogP) is 8.02. The van der Waals surface area contributed by atoms with Gasteiger partial charge in [-0.3, -0.25) is 0 Å². The summed E-state index contributed by atoms with van der Waals surface area (Å²) in [5, 5.41) is 0. The Morgan fingerprint density at radius 1 is 0.471 bits per heavy atom. The third kappa shape index (κ3) is 8.98. The zero-order valence-electron chi connectivity index (χ0n) is 22.2. The molecule has 5 rings (SSSR count). The van der Waals surface area contributed by atoms with Crippen molar-refractivity contribution in [1.29, 1.82) is 0 Å². The largest absolute Gasteiger partial charge is 0.303 e. The lowest BCUT2D eigenvalue weighted by Crippen LogP contribution is -2.49. The summed E-state index contributed by atoms with van der Waals surface area (Å²) in [6.07, 6.45) is 36.8. The third-order valence-corrected chi connectivity index (χ3v) is 9.33. The molecule has 0 spiro atoms. The van der Waals surface area contributed by atoms with Crippen LogP contribution in [0.4, 0.5) is 0 Å². The second-order valence-corrected chi connectivity index (χ2v) is 12.0. The Morgan fingerprint density at radius 2 is 1.12 bits per heavy atom. The van der Waals surface area contributed by atoms with Gasteiger partial charge in [0.1, 0.15) is 0 Å². The molecule has 0 aromatic rings. The summed E-state index contributed by atoms with van der Waals surface area (Å²) in [5.41, 5.74) is 0. The van der Waals surface area contributed by atoms with Crippen LogP contribution in [0.2, 0.25) is 0 Å². The molecule has 2 saturated heterocycles. The second-order valence-electron chi connectivity index (χ2n) is 12.0. The van der Waals surface area contributed by atoms with Crippen molar-refractivity contribution in [2.45, 2.75) is 103 Å². The van der Waals surface area contributed by atoms with Crippen LogP contribution < -0.4 is 0 Å². The SMILES string of the molecule is C1=CCCCCCCC2CN3CCC=CCCCCCCC4CC(CN(CCC=C1)C4)C2CC3. The van der Waals surface area contributed by atoms with Crippen LogP contribution in [0.15, 0.2) is 36.5 Å². The number of allylic oxidation sites excluding steroid dienone is 4. The molecule has 5 aliphatic heterocycles. The van der Waals surface area contributed by atoms with Gasteiger partial charge in [-0.25, -0.2) is 0 Å². The maximum Gasteiger partial charge on any atom is 0.00162 e. The van der Waals surface area contributed by atoms with Crippen LogP contribution in [-0.4, -0.2) is 49.1 Å². The van der Waals surface area contributed by atoms with E-state index in [4.69, 9.17) is 0 Å². The van der Waals surface area contributed by atoms with Crippen molar-refractivity contribution in [2.24, 2.45) is 23.7 Å². The molecule has 0 saturated carbocycles. The Kier molecular flexibility index (Phi) is 11.8. The van der Waals surface area contributed by atoms with E-state index in [0.29, 0.717) is 0 Å². The van der Waals surface area contributed by atoms with E-state index >= 15 is 0 Å². The minimum Gasteiger partial charge on any atom is -0.303 e. The Bertz CT molecular complexity index is 635. The molecule has 0 N–H and O–H groups in total. The smallest absolute Gasteiger partial charge is 0.00162 e. The average molecular weight is 467 g/mol. The van der Waals surface area contributed by atoms with E-state index in [1.807, 2.05) is 0 Å². The molecule has 0 radical (unpaired) electrons. The summed E-state index contributed by atoms with van der Waals surface area (Å²) in [6, 6.07) is 0. The average Bonchev–Trinajstić information content (AvgIpc) is 2.85. The zero-order valence-corrected chi connectivity index (χ0v) is 22.2. The number of hydrogen-bond donors (Lipinski definition) is 0. The second kappa shape index (κ2) is 15.3. The molecular formula is C32H54N2. The van der Waals surface area contributed by atoms with Crippen LogP contribution in [0.1, 0.15) is 103 Å². The molecule has 6 atom stereocenters. The van der Waals surface area contributed by atoms with Gasteiger partial charge < -0.3 is 9.80 Å². The molecule has 0 aromatic carbocycles. The molecule has 5 aliphatic rings. The summed E-state index contributed by atoms with van der Waals surface area (Å²) in [6.45, 7) is 8.04. The van der Waals surface area contributed by atoms with E-state index in [1.165, 1.54) is 142 Å². The Labute approximate surface area is 211 Å². The van der Waals surface area contributed by atoms with E-state index in [-0.39, 0.29) is 0 Å². The van der Waals surface area contributed by atoms with E-state index in [9.17, 15) is 0 Å². The van der Waals surface area contributed by atoms with Gasteiger partial charge in [0.25, 0.3) is 0 Å². The fraction of sp³-hybridized carbons (Fsp3) is 0.812. The Balaban J connectivity index is 1.48. The fourth-order valence-corrected chi connectivity index (χ4v) is 7.48.